The van der Waals surface area contributed by atoms with Crippen molar-refractivity contribution in [2.24, 2.45) is 0 Å². The molecule has 1 amide bonds. The number of amides is 1. The summed E-state index contributed by atoms with van der Waals surface area (Å²) in [7, 11) is 0. The Kier molecular flexibility index (Phi) is 4.63. The molecule has 100 valence electrons. The summed E-state index contributed by atoms with van der Waals surface area (Å²) >= 11 is 0.484. The minimum absolute atomic E-state index is 0.0778. The molecule has 1 aromatic heterocycles. The monoisotopic (exact) mass is 275 g/mol. The third kappa shape index (κ3) is 3.73. The highest BCUT2D eigenvalue weighted by atomic mass is 32.2. The lowest BCUT2D eigenvalue weighted by Crippen LogP contribution is -2.32. The number of thioether (sulfide) groups is 1. The van der Waals surface area contributed by atoms with Crippen molar-refractivity contribution in [1.29, 1.82) is 0 Å². The molecule has 0 bridgehead atoms. The zero-order valence-corrected chi connectivity index (χ0v) is 10.6. The fraction of sp³-hybridized carbons (Fsp3) is 0.583. The summed E-state index contributed by atoms with van der Waals surface area (Å²) in [5.74, 6) is -2.00. The van der Waals surface area contributed by atoms with Gasteiger partial charge in [-0.3, -0.25) is 4.79 Å². The molecule has 0 atom stereocenters. The van der Waals surface area contributed by atoms with Crippen LogP contribution in [0.1, 0.15) is 42.0 Å². The summed E-state index contributed by atoms with van der Waals surface area (Å²) in [5, 5.41) is 2.89. The maximum atomic E-state index is 12.0. The summed E-state index contributed by atoms with van der Waals surface area (Å²) in [6.07, 6.45) is 4.28. The number of hydrogen-bond donors (Lipinski definition) is 1. The van der Waals surface area contributed by atoms with Crippen LogP contribution >= 0.6 is 11.8 Å². The molecular weight excluding hydrogens is 260 g/mol. The van der Waals surface area contributed by atoms with Gasteiger partial charge in [0.2, 0.25) is 0 Å². The average Bonchev–Trinajstić information content (AvgIpc) is 2.96. The Hall–Kier alpha value is -1.04. The average molecular weight is 275 g/mol. The number of halogens is 2. The van der Waals surface area contributed by atoms with Gasteiger partial charge >= 0.3 is 0 Å². The second kappa shape index (κ2) is 6.22. The van der Waals surface area contributed by atoms with Crippen molar-refractivity contribution in [3.8, 4) is 0 Å². The maximum Gasteiger partial charge on any atom is 0.287 e. The Morgan fingerprint density at radius 3 is 2.83 bits per heavy atom. The minimum Gasteiger partial charge on any atom is -0.455 e. The molecule has 1 aliphatic rings. The van der Waals surface area contributed by atoms with Crippen LogP contribution in [0.5, 0.6) is 0 Å². The highest BCUT2D eigenvalue weighted by Crippen LogP contribution is 2.22. The van der Waals surface area contributed by atoms with Crippen LogP contribution in [-0.4, -0.2) is 17.7 Å². The van der Waals surface area contributed by atoms with Crippen LogP contribution in [0.4, 0.5) is 8.78 Å². The van der Waals surface area contributed by atoms with Gasteiger partial charge in [0.05, 0.1) is 5.75 Å². The quantitative estimate of drug-likeness (QED) is 0.895. The van der Waals surface area contributed by atoms with Crippen molar-refractivity contribution in [3.63, 3.8) is 0 Å². The minimum atomic E-state index is -2.43. The van der Waals surface area contributed by atoms with Gasteiger partial charge in [0.15, 0.2) is 5.76 Å². The van der Waals surface area contributed by atoms with E-state index in [9.17, 15) is 13.6 Å². The fourth-order valence-corrected chi connectivity index (χ4v) is 2.49. The number of carbonyl (C=O) groups is 1. The summed E-state index contributed by atoms with van der Waals surface area (Å²) in [6.45, 7) is 0. The molecule has 1 fully saturated rings. The number of carbonyl (C=O) groups excluding carboxylic acids is 1. The first-order chi connectivity index (χ1) is 8.65. The van der Waals surface area contributed by atoms with E-state index >= 15 is 0 Å². The van der Waals surface area contributed by atoms with Crippen LogP contribution in [0.25, 0.3) is 0 Å². The van der Waals surface area contributed by atoms with E-state index < -0.39 is 5.76 Å². The number of hydrogen-bond acceptors (Lipinski definition) is 3. The standard InChI is InChI=1S/C12H15F2NO2S/c13-12(14)18-7-9-5-6-10(17-9)11(16)15-8-3-1-2-4-8/h5-6,8,12H,1-4,7H2,(H,15,16). The van der Waals surface area contributed by atoms with Crippen LogP contribution in [-0.2, 0) is 5.75 Å². The molecule has 3 nitrogen and oxygen atoms in total. The van der Waals surface area contributed by atoms with E-state index in [-0.39, 0.29) is 23.5 Å². The van der Waals surface area contributed by atoms with Crippen molar-refractivity contribution in [2.75, 3.05) is 0 Å². The Labute approximate surface area is 108 Å². The summed E-state index contributed by atoms with van der Waals surface area (Å²) in [5.41, 5.74) is 0. The molecule has 1 saturated carbocycles. The Morgan fingerprint density at radius 2 is 2.17 bits per heavy atom. The SMILES string of the molecule is O=C(NC1CCCC1)c1ccc(CSC(F)F)o1. The zero-order chi connectivity index (χ0) is 13.0. The number of furan rings is 1. The number of alkyl halides is 2. The van der Waals surface area contributed by atoms with Crippen LogP contribution in [0.3, 0.4) is 0 Å². The van der Waals surface area contributed by atoms with E-state index in [1.165, 1.54) is 6.07 Å². The summed E-state index contributed by atoms with van der Waals surface area (Å²) in [4.78, 5) is 11.8. The van der Waals surface area contributed by atoms with Gasteiger partial charge in [-0.15, -0.1) is 0 Å². The van der Waals surface area contributed by atoms with Crippen molar-refractivity contribution in [2.45, 2.75) is 43.2 Å². The molecule has 0 unspecified atom stereocenters. The van der Waals surface area contributed by atoms with Crippen LogP contribution in [0, 0.1) is 0 Å². The molecule has 1 aromatic rings. The predicted molar refractivity (Wildman–Crippen MR) is 65.7 cm³/mol. The lowest BCUT2D eigenvalue weighted by atomic mass is 10.2. The normalized spacial score (nSPS) is 16.4. The Balaban J connectivity index is 1.86. The molecule has 1 heterocycles. The number of nitrogens with one attached hydrogen (secondary N) is 1. The summed E-state index contributed by atoms with van der Waals surface area (Å²) in [6, 6.07) is 3.33. The van der Waals surface area contributed by atoms with Crippen LogP contribution in [0.15, 0.2) is 16.5 Å². The molecule has 0 aliphatic heterocycles. The van der Waals surface area contributed by atoms with Gasteiger partial charge in [-0.2, -0.15) is 8.78 Å². The lowest BCUT2D eigenvalue weighted by Gasteiger charge is -2.09. The molecule has 1 N–H and O–H groups in total. The highest BCUT2D eigenvalue weighted by molar-refractivity contribution is 7.98. The van der Waals surface area contributed by atoms with E-state index in [1.807, 2.05) is 0 Å². The second-order valence-corrected chi connectivity index (χ2v) is 5.27. The van der Waals surface area contributed by atoms with Crippen molar-refractivity contribution >= 4 is 17.7 Å². The van der Waals surface area contributed by atoms with Gasteiger partial charge in [0.25, 0.3) is 11.7 Å². The van der Waals surface area contributed by atoms with E-state index in [1.54, 1.807) is 6.07 Å². The molecule has 2 rings (SSSR count). The van der Waals surface area contributed by atoms with Crippen molar-refractivity contribution in [3.05, 3.63) is 23.7 Å². The third-order valence-electron chi connectivity index (χ3n) is 2.93. The first-order valence-electron chi connectivity index (χ1n) is 5.94. The zero-order valence-electron chi connectivity index (χ0n) is 9.83. The highest BCUT2D eigenvalue weighted by Gasteiger charge is 2.20. The first kappa shape index (κ1) is 13.4. The van der Waals surface area contributed by atoms with Gasteiger partial charge < -0.3 is 9.73 Å². The number of rotatable bonds is 5. The van der Waals surface area contributed by atoms with Crippen LogP contribution < -0.4 is 5.32 Å². The molecule has 0 radical (unpaired) electrons. The van der Waals surface area contributed by atoms with E-state index in [4.69, 9.17) is 4.42 Å². The first-order valence-corrected chi connectivity index (χ1v) is 6.99. The largest absolute Gasteiger partial charge is 0.455 e. The molecule has 0 spiro atoms. The van der Waals surface area contributed by atoms with Crippen molar-refractivity contribution < 1.29 is 18.0 Å². The predicted octanol–water partition coefficient (Wildman–Crippen LogP) is 3.41. The molecule has 0 saturated heterocycles. The Morgan fingerprint density at radius 1 is 1.44 bits per heavy atom. The van der Waals surface area contributed by atoms with E-state index in [0.29, 0.717) is 17.5 Å². The molecule has 1 aliphatic carbocycles. The summed E-state index contributed by atoms with van der Waals surface area (Å²) < 4.78 is 29.2. The molecule has 18 heavy (non-hydrogen) atoms. The van der Waals surface area contributed by atoms with Crippen molar-refractivity contribution in [1.82, 2.24) is 5.32 Å². The van der Waals surface area contributed by atoms with E-state index in [0.717, 1.165) is 25.7 Å². The second-order valence-electron chi connectivity index (χ2n) is 4.29. The molecule has 0 aromatic carbocycles. The lowest BCUT2D eigenvalue weighted by molar-refractivity contribution is 0.0908. The Bertz CT molecular complexity index is 403. The maximum absolute atomic E-state index is 12.0. The smallest absolute Gasteiger partial charge is 0.287 e. The topological polar surface area (TPSA) is 42.2 Å². The van der Waals surface area contributed by atoms with Gasteiger partial charge in [-0.1, -0.05) is 24.6 Å². The van der Waals surface area contributed by atoms with E-state index in [2.05, 4.69) is 5.32 Å². The third-order valence-corrected chi connectivity index (χ3v) is 3.63. The molecular formula is C12H15F2NO2S. The van der Waals surface area contributed by atoms with Gasteiger partial charge in [-0.05, 0) is 25.0 Å². The van der Waals surface area contributed by atoms with Gasteiger partial charge in [-0.25, -0.2) is 0 Å². The fourth-order valence-electron chi connectivity index (χ4n) is 2.05. The van der Waals surface area contributed by atoms with Gasteiger partial charge in [0, 0.05) is 6.04 Å². The van der Waals surface area contributed by atoms with Crippen LogP contribution in [0.2, 0.25) is 0 Å². The molecule has 6 heteroatoms. The van der Waals surface area contributed by atoms with Gasteiger partial charge in [0.1, 0.15) is 5.76 Å².